The number of hydrogen-bond acceptors (Lipinski definition) is 4. The SMILES string of the molecule is CCc1cccc(OC)c1COc1ccc(S)cc1Cl.CNC=O. The van der Waals surface area contributed by atoms with Crippen LogP contribution in [0.15, 0.2) is 41.3 Å². The molecule has 0 saturated heterocycles. The third-order valence-electron chi connectivity index (χ3n) is 3.24. The molecule has 0 heterocycles. The number of thiol groups is 1. The van der Waals surface area contributed by atoms with Crippen molar-refractivity contribution in [2.75, 3.05) is 14.2 Å². The van der Waals surface area contributed by atoms with E-state index in [9.17, 15) is 0 Å². The minimum atomic E-state index is 0.429. The maximum absolute atomic E-state index is 9.06. The van der Waals surface area contributed by atoms with Crippen molar-refractivity contribution in [1.82, 2.24) is 5.32 Å². The molecule has 6 heteroatoms. The van der Waals surface area contributed by atoms with Crippen LogP contribution in [0.1, 0.15) is 18.1 Å². The molecule has 4 nitrogen and oxygen atoms in total. The molecule has 0 aromatic heterocycles. The molecule has 0 aliphatic heterocycles. The van der Waals surface area contributed by atoms with Crippen molar-refractivity contribution in [2.45, 2.75) is 24.8 Å². The third-order valence-corrected chi connectivity index (χ3v) is 3.81. The second-order valence-corrected chi connectivity index (χ2v) is 5.69. The molecule has 0 fully saturated rings. The van der Waals surface area contributed by atoms with E-state index in [-0.39, 0.29) is 0 Å². The van der Waals surface area contributed by atoms with Crippen LogP contribution in [0.5, 0.6) is 11.5 Å². The zero-order valence-electron chi connectivity index (χ0n) is 14.0. The Morgan fingerprint density at radius 2 is 1.96 bits per heavy atom. The first-order chi connectivity index (χ1) is 11.6. The van der Waals surface area contributed by atoms with E-state index in [1.807, 2.05) is 24.3 Å². The number of ether oxygens (including phenoxy) is 2. The minimum absolute atomic E-state index is 0.429. The zero-order chi connectivity index (χ0) is 17.9. The Morgan fingerprint density at radius 3 is 2.50 bits per heavy atom. The first kappa shape index (κ1) is 20.2. The van der Waals surface area contributed by atoms with Gasteiger partial charge in [-0.2, -0.15) is 0 Å². The number of halogens is 1. The molecule has 0 bridgehead atoms. The highest BCUT2D eigenvalue weighted by molar-refractivity contribution is 7.80. The molecule has 2 aromatic carbocycles. The molecular weight excluding hydrogens is 346 g/mol. The van der Waals surface area contributed by atoms with Gasteiger partial charge < -0.3 is 14.8 Å². The van der Waals surface area contributed by atoms with Crippen molar-refractivity contribution in [1.29, 1.82) is 0 Å². The number of aryl methyl sites for hydroxylation is 1. The maximum atomic E-state index is 9.06. The predicted octanol–water partition coefficient (Wildman–Crippen LogP) is 4.14. The lowest BCUT2D eigenvalue weighted by Crippen LogP contribution is -2.03. The van der Waals surface area contributed by atoms with E-state index in [1.54, 1.807) is 20.2 Å². The van der Waals surface area contributed by atoms with Crippen LogP contribution in [0.3, 0.4) is 0 Å². The summed E-state index contributed by atoms with van der Waals surface area (Å²) < 4.78 is 11.2. The highest BCUT2D eigenvalue weighted by Crippen LogP contribution is 2.29. The molecule has 0 radical (unpaired) electrons. The molecule has 24 heavy (non-hydrogen) atoms. The molecular formula is C18H22ClNO3S. The van der Waals surface area contributed by atoms with Gasteiger partial charge in [-0.25, -0.2) is 0 Å². The molecule has 0 spiro atoms. The molecule has 1 amide bonds. The van der Waals surface area contributed by atoms with Gasteiger partial charge in [-0.05, 0) is 36.2 Å². The Labute approximate surface area is 153 Å². The van der Waals surface area contributed by atoms with Crippen molar-refractivity contribution in [3.63, 3.8) is 0 Å². The Bertz CT molecular complexity index is 642. The third kappa shape index (κ3) is 5.98. The summed E-state index contributed by atoms with van der Waals surface area (Å²) in [5.41, 5.74) is 2.27. The van der Waals surface area contributed by atoms with Gasteiger partial charge in [0.05, 0.1) is 12.1 Å². The number of benzene rings is 2. The largest absolute Gasteiger partial charge is 0.496 e. The number of rotatable bonds is 6. The summed E-state index contributed by atoms with van der Waals surface area (Å²) in [6.45, 7) is 2.54. The lowest BCUT2D eigenvalue weighted by atomic mass is 10.0. The van der Waals surface area contributed by atoms with Gasteiger partial charge in [0.25, 0.3) is 0 Å². The van der Waals surface area contributed by atoms with Gasteiger partial charge in [-0.3, -0.25) is 4.79 Å². The number of nitrogens with one attached hydrogen (secondary N) is 1. The average Bonchev–Trinajstić information content (AvgIpc) is 2.60. The van der Waals surface area contributed by atoms with Crippen LogP contribution in [0, 0.1) is 0 Å². The summed E-state index contributed by atoms with van der Waals surface area (Å²) in [5.74, 6) is 1.49. The van der Waals surface area contributed by atoms with E-state index in [1.165, 1.54) is 5.56 Å². The summed E-state index contributed by atoms with van der Waals surface area (Å²) in [5, 5.41) is 2.81. The number of methoxy groups -OCH3 is 1. The Balaban J connectivity index is 0.000000648. The standard InChI is InChI=1S/C16H17ClO2S.C2H5NO/c1-3-11-5-4-6-15(18-2)13(11)10-19-16-8-7-12(20)9-14(16)17;1-3-2-4/h4-9,20H,3,10H2,1-2H3;2H,1H3,(H,3,4). The van der Waals surface area contributed by atoms with Crippen molar-refractivity contribution in [3.05, 3.63) is 52.5 Å². The summed E-state index contributed by atoms with van der Waals surface area (Å²) in [7, 11) is 3.23. The maximum Gasteiger partial charge on any atom is 0.206 e. The number of amides is 1. The van der Waals surface area contributed by atoms with Crippen LogP contribution in [0.25, 0.3) is 0 Å². The van der Waals surface area contributed by atoms with Crippen molar-refractivity contribution in [3.8, 4) is 11.5 Å². The molecule has 0 aliphatic carbocycles. The van der Waals surface area contributed by atoms with Crippen molar-refractivity contribution < 1.29 is 14.3 Å². The Hall–Kier alpha value is -1.85. The van der Waals surface area contributed by atoms with Crippen LogP contribution in [0.4, 0.5) is 0 Å². The normalized spacial score (nSPS) is 9.54. The number of carbonyl (C=O) groups is 1. The molecule has 0 saturated carbocycles. The van der Waals surface area contributed by atoms with Gasteiger partial charge in [0.1, 0.15) is 18.1 Å². The van der Waals surface area contributed by atoms with Crippen LogP contribution >= 0.6 is 24.2 Å². The molecule has 2 aromatic rings. The predicted molar refractivity (Wildman–Crippen MR) is 101 cm³/mol. The first-order valence-electron chi connectivity index (χ1n) is 7.44. The van der Waals surface area contributed by atoms with E-state index in [2.05, 4.69) is 30.9 Å². The number of carbonyl (C=O) groups excluding carboxylic acids is 1. The van der Waals surface area contributed by atoms with Gasteiger partial charge in [0, 0.05) is 17.5 Å². The summed E-state index contributed by atoms with van der Waals surface area (Å²) in [6, 6.07) is 11.5. The van der Waals surface area contributed by atoms with Gasteiger partial charge in [-0.1, -0.05) is 30.7 Å². The summed E-state index contributed by atoms with van der Waals surface area (Å²) >= 11 is 10.4. The van der Waals surface area contributed by atoms with Crippen molar-refractivity contribution >= 4 is 30.6 Å². The molecule has 1 N–H and O–H groups in total. The fraction of sp³-hybridized carbons (Fsp3) is 0.278. The highest BCUT2D eigenvalue weighted by Gasteiger charge is 2.10. The van der Waals surface area contributed by atoms with Gasteiger partial charge in [-0.15, -0.1) is 12.6 Å². The van der Waals surface area contributed by atoms with Gasteiger partial charge in [0.15, 0.2) is 0 Å². The smallest absolute Gasteiger partial charge is 0.206 e. The Kier molecular flexibility index (Phi) is 9.12. The monoisotopic (exact) mass is 367 g/mol. The van der Waals surface area contributed by atoms with E-state index in [0.717, 1.165) is 22.6 Å². The van der Waals surface area contributed by atoms with E-state index in [4.69, 9.17) is 25.9 Å². The lowest BCUT2D eigenvalue weighted by Gasteiger charge is -2.14. The van der Waals surface area contributed by atoms with Gasteiger partial charge >= 0.3 is 0 Å². The second-order valence-electron chi connectivity index (χ2n) is 4.76. The summed E-state index contributed by atoms with van der Waals surface area (Å²) in [4.78, 5) is 9.88. The topological polar surface area (TPSA) is 47.6 Å². The molecule has 2 rings (SSSR count). The summed E-state index contributed by atoms with van der Waals surface area (Å²) in [6.07, 6.45) is 1.55. The Morgan fingerprint density at radius 1 is 1.25 bits per heavy atom. The molecule has 130 valence electrons. The lowest BCUT2D eigenvalue weighted by molar-refractivity contribution is -0.109. The average molecular weight is 368 g/mol. The van der Waals surface area contributed by atoms with Crippen LogP contribution in [-0.4, -0.2) is 20.6 Å². The first-order valence-corrected chi connectivity index (χ1v) is 8.26. The van der Waals surface area contributed by atoms with Crippen LogP contribution in [0.2, 0.25) is 5.02 Å². The fourth-order valence-electron chi connectivity index (χ4n) is 2.05. The van der Waals surface area contributed by atoms with E-state index < -0.39 is 0 Å². The molecule has 0 atom stereocenters. The quantitative estimate of drug-likeness (QED) is 0.595. The zero-order valence-corrected chi connectivity index (χ0v) is 15.7. The van der Waals surface area contributed by atoms with E-state index in [0.29, 0.717) is 23.8 Å². The molecule has 0 unspecified atom stereocenters. The van der Waals surface area contributed by atoms with Crippen LogP contribution in [-0.2, 0) is 17.8 Å². The second kappa shape index (κ2) is 10.8. The van der Waals surface area contributed by atoms with Crippen molar-refractivity contribution in [2.24, 2.45) is 0 Å². The van der Waals surface area contributed by atoms with Crippen LogP contribution < -0.4 is 14.8 Å². The fourth-order valence-corrected chi connectivity index (χ4v) is 2.57. The highest BCUT2D eigenvalue weighted by atomic mass is 35.5. The van der Waals surface area contributed by atoms with E-state index >= 15 is 0 Å². The minimum Gasteiger partial charge on any atom is -0.496 e. The van der Waals surface area contributed by atoms with Gasteiger partial charge in [0.2, 0.25) is 6.41 Å². The molecule has 0 aliphatic rings. The number of hydrogen-bond donors (Lipinski definition) is 2.